The van der Waals surface area contributed by atoms with Crippen LogP contribution in [-0.2, 0) is 19.2 Å². The van der Waals surface area contributed by atoms with Gasteiger partial charge in [-0.1, -0.05) is 35.9 Å². The van der Waals surface area contributed by atoms with Crippen molar-refractivity contribution in [2.45, 2.75) is 35.4 Å². The molecule has 1 saturated carbocycles. The molecule has 4 aromatic carbocycles. The molecule has 0 radical (unpaired) electrons. The van der Waals surface area contributed by atoms with Gasteiger partial charge in [0.25, 0.3) is 11.8 Å². The number of oxazole rings is 1. The highest BCUT2D eigenvalue weighted by atomic mass is 35.5. The van der Waals surface area contributed by atoms with E-state index in [-0.39, 0.29) is 39.5 Å². The Morgan fingerprint density at radius 2 is 1.46 bits per heavy atom. The fourth-order valence-corrected chi connectivity index (χ4v) is 9.74. The molecule has 6 unspecified atom stereocenters. The van der Waals surface area contributed by atoms with Gasteiger partial charge in [0.15, 0.2) is 38.6 Å². The molecule has 284 valence electrons. The Labute approximate surface area is 322 Å². The van der Waals surface area contributed by atoms with Gasteiger partial charge in [-0.2, -0.15) is 0 Å². The molecule has 6 atom stereocenters. The van der Waals surface area contributed by atoms with E-state index >= 15 is 8.78 Å². The summed E-state index contributed by atoms with van der Waals surface area (Å²) in [6.07, 6.45) is 0.930. The van der Waals surface area contributed by atoms with Gasteiger partial charge in [0.2, 0.25) is 23.5 Å². The van der Waals surface area contributed by atoms with Crippen molar-refractivity contribution in [2.24, 2.45) is 17.8 Å². The fourth-order valence-electron chi connectivity index (χ4n) is 8.80. The molecule has 3 heterocycles. The number of allylic oxidation sites excluding steroid dienone is 2. The molecule has 2 aliphatic carbocycles. The summed E-state index contributed by atoms with van der Waals surface area (Å²) in [7, 11) is 0. The number of aromatic hydroxyl groups is 1. The Morgan fingerprint density at radius 3 is 2.12 bits per heavy atom. The number of rotatable bonds is 4. The maximum absolute atomic E-state index is 15.3. The van der Waals surface area contributed by atoms with Gasteiger partial charge in [0.1, 0.15) is 17.0 Å². The van der Waals surface area contributed by atoms with Crippen molar-refractivity contribution in [3.8, 4) is 17.2 Å². The zero-order chi connectivity index (χ0) is 39.7. The lowest BCUT2D eigenvalue weighted by Crippen LogP contribution is -2.60. The van der Waals surface area contributed by atoms with Gasteiger partial charge in [0, 0.05) is 11.5 Å². The standard InChI is InChI=1S/C40H24Cl2F5N3O6/c1-16-14-18(8-13-24(16)51)27-20-11-12-21-26(36(53)49(35(21)52)19-9-6-17(7-10-19)34-48-23-4-2-3-5-25(23)56-34)22(20)15-39(41)37(54)50(38(55)40(27,39)42)33-31(46)29(44)28(43)30(45)32(33)47/h2-11,13-14,21-22,26-27,51H,12,15H2,1H3. The molecule has 1 N–H and O–H groups in total. The van der Waals surface area contributed by atoms with Crippen LogP contribution >= 0.6 is 23.2 Å². The Balaban J connectivity index is 1.14. The first-order chi connectivity index (χ1) is 26.6. The van der Waals surface area contributed by atoms with Crippen molar-refractivity contribution in [1.29, 1.82) is 0 Å². The third-order valence-corrected chi connectivity index (χ3v) is 12.9. The lowest BCUT2D eigenvalue weighted by Gasteiger charge is -2.50. The van der Waals surface area contributed by atoms with Crippen LogP contribution in [0.2, 0.25) is 0 Å². The highest BCUT2D eigenvalue weighted by Crippen LogP contribution is 2.66. The molecule has 4 amide bonds. The number of aromatic nitrogens is 1. The van der Waals surface area contributed by atoms with E-state index in [1.165, 1.54) is 25.1 Å². The third-order valence-electron chi connectivity index (χ3n) is 11.4. The minimum Gasteiger partial charge on any atom is -0.508 e. The van der Waals surface area contributed by atoms with Crippen LogP contribution in [0.25, 0.3) is 22.6 Å². The summed E-state index contributed by atoms with van der Waals surface area (Å²) in [5.74, 6) is -21.2. The van der Waals surface area contributed by atoms with E-state index in [4.69, 9.17) is 27.6 Å². The molecule has 5 aromatic rings. The molecular formula is C40H24Cl2F5N3O6. The number of alkyl halides is 2. The van der Waals surface area contributed by atoms with Crippen LogP contribution < -0.4 is 9.80 Å². The van der Waals surface area contributed by atoms with Crippen LogP contribution in [0.1, 0.15) is 29.9 Å². The SMILES string of the molecule is Cc1cc(C2C3=CCC4C(=O)N(c5ccc(-c6nc7ccccc7o6)cc5)C(=O)C4C3CC3(Cl)C(=O)N(c4c(F)c(F)c(F)c(F)c4F)C(=O)C23Cl)ccc1O. The van der Waals surface area contributed by atoms with E-state index in [0.29, 0.717) is 22.6 Å². The van der Waals surface area contributed by atoms with Crippen LogP contribution in [0.3, 0.4) is 0 Å². The van der Waals surface area contributed by atoms with Gasteiger partial charge in [-0.05, 0) is 79.3 Å². The topological polar surface area (TPSA) is 121 Å². The number of anilines is 2. The smallest absolute Gasteiger partial charge is 0.258 e. The fraction of sp³-hybridized carbons (Fsp3) is 0.225. The second kappa shape index (κ2) is 12.2. The van der Waals surface area contributed by atoms with E-state index in [9.17, 15) is 37.5 Å². The zero-order valence-corrected chi connectivity index (χ0v) is 30.1. The number of halogens is 7. The average Bonchev–Trinajstić information content (AvgIpc) is 3.78. The van der Waals surface area contributed by atoms with E-state index in [1.54, 1.807) is 48.5 Å². The first-order valence-corrected chi connectivity index (χ1v) is 18.0. The molecule has 0 bridgehead atoms. The second-order valence-corrected chi connectivity index (χ2v) is 15.5. The van der Waals surface area contributed by atoms with Crippen molar-refractivity contribution in [2.75, 3.05) is 9.80 Å². The second-order valence-electron chi connectivity index (χ2n) is 14.3. The molecule has 1 aromatic heterocycles. The molecular weight excluding hydrogens is 784 g/mol. The molecule has 56 heavy (non-hydrogen) atoms. The number of phenolic OH excluding ortho intramolecular Hbond substituents is 1. The van der Waals surface area contributed by atoms with Gasteiger partial charge in [0.05, 0.1) is 17.5 Å². The zero-order valence-electron chi connectivity index (χ0n) is 28.6. The van der Waals surface area contributed by atoms with Gasteiger partial charge >= 0.3 is 0 Å². The van der Waals surface area contributed by atoms with Gasteiger partial charge < -0.3 is 9.52 Å². The summed E-state index contributed by atoms with van der Waals surface area (Å²) in [4.78, 5) is 57.3. The first-order valence-electron chi connectivity index (χ1n) is 17.2. The number of fused-ring (bicyclic) bond motifs is 5. The average molecular weight is 809 g/mol. The molecule has 4 aliphatic rings. The molecule has 16 heteroatoms. The Bertz CT molecular complexity index is 2590. The van der Waals surface area contributed by atoms with Crippen LogP contribution in [-0.4, -0.2) is 43.5 Å². The van der Waals surface area contributed by atoms with Crippen molar-refractivity contribution in [1.82, 2.24) is 4.98 Å². The summed E-state index contributed by atoms with van der Waals surface area (Å²) in [5.41, 5.74) is 0.870. The maximum Gasteiger partial charge on any atom is 0.258 e. The molecule has 2 saturated heterocycles. The third kappa shape index (κ3) is 4.62. The summed E-state index contributed by atoms with van der Waals surface area (Å²) >= 11 is 14.4. The molecule has 3 fully saturated rings. The number of carbonyl (C=O) groups excluding carboxylic acids is 4. The predicted molar refractivity (Wildman–Crippen MR) is 191 cm³/mol. The minimum atomic E-state index is -2.67. The number of hydrogen-bond donors (Lipinski definition) is 1. The number of carbonyl (C=O) groups is 4. The quantitative estimate of drug-likeness (QED) is 0.0489. The van der Waals surface area contributed by atoms with Crippen LogP contribution in [0.5, 0.6) is 5.75 Å². The predicted octanol–water partition coefficient (Wildman–Crippen LogP) is 7.97. The normalized spacial score (nSPS) is 27.2. The summed E-state index contributed by atoms with van der Waals surface area (Å²) in [6.45, 7) is 1.52. The van der Waals surface area contributed by atoms with Crippen molar-refractivity contribution >= 4 is 69.3 Å². The first kappa shape index (κ1) is 36.1. The number of imide groups is 2. The van der Waals surface area contributed by atoms with Crippen molar-refractivity contribution in [3.63, 3.8) is 0 Å². The Hall–Kier alpha value is -5.60. The van der Waals surface area contributed by atoms with Crippen LogP contribution in [0.4, 0.5) is 33.3 Å². The molecule has 2 aliphatic heterocycles. The number of amides is 4. The summed E-state index contributed by atoms with van der Waals surface area (Å²) in [6, 6.07) is 17.6. The lowest BCUT2D eigenvalue weighted by atomic mass is 9.56. The number of benzene rings is 4. The van der Waals surface area contributed by atoms with Crippen molar-refractivity contribution in [3.05, 3.63) is 119 Å². The van der Waals surface area contributed by atoms with E-state index in [2.05, 4.69) is 4.98 Å². The van der Waals surface area contributed by atoms with Crippen molar-refractivity contribution < 1.29 is 50.7 Å². The molecule has 9 rings (SSSR count). The maximum atomic E-state index is 15.3. The number of phenols is 1. The number of aryl methyl sites for hydroxylation is 1. The highest BCUT2D eigenvalue weighted by Gasteiger charge is 2.77. The highest BCUT2D eigenvalue weighted by molar-refractivity contribution is 6.58. The minimum absolute atomic E-state index is 0.0299. The Kier molecular flexibility index (Phi) is 7.86. The van der Waals surface area contributed by atoms with Gasteiger partial charge in [-0.3, -0.25) is 24.1 Å². The number of hydrogen-bond acceptors (Lipinski definition) is 7. The molecule has 0 spiro atoms. The lowest BCUT2D eigenvalue weighted by molar-refractivity contribution is -0.125. The largest absolute Gasteiger partial charge is 0.508 e. The van der Waals surface area contributed by atoms with E-state index in [1.807, 2.05) is 6.07 Å². The summed E-state index contributed by atoms with van der Waals surface area (Å²) < 4.78 is 79.5. The number of para-hydroxylation sites is 2. The van der Waals surface area contributed by atoms with Crippen LogP contribution in [0, 0.1) is 53.8 Å². The molecule has 9 nitrogen and oxygen atoms in total. The van der Waals surface area contributed by atoms with Crippen LogP contribution in [0.15, 0.2) is 82.8 Å². The van der Waals surface area contributed by atoms with Gasteiger partial charge in [-0.25, -0.2) is 31.8 Å². The number of nitrogens with zero attached hydrogens (tertiary/aromatic N) is 3. The summed E-state index contributed by atoms with van der Waals surface area (Å²) in [5, 5.41) is 10.4. The van der Waals surface area contributed by atoms with E-state index in [0.717, 1.165) is 4.90 Å². The van der Waals surface area contributed by atoms with E-state index < -0.39 is 98.2 Å². The Morgan fingerprint density at radius 1 is 0.804 bits per heavy atom. The monoisotopic (exact) mass is 807 g/mol. The van der Waals surface area contributed by atoms with Gasteiger partial charge in [-0.15, -0.1) is 23.2 Å².